The lowest BCUT2D eigenvalue weighted by atomic mass is 10.1. The Hall–Kier alpha value is -3.60. The molecule has 30 heavy (non-hydrogen) atoms. The van der Waals surface area contributed by atoms with Crippen molar-refractivity contribution in [3.63, 3.8) is 0 Å². The van der Waals surface area contributed by atoms with E-state index < -0.39 is 6.10 Å². The fraction of sp³-hybridized carbons (Fsp3) is 0.200. The van der Waals surface area contributed by atoms with E-state index >= 15 is 0 Å². The summed E-state index contributed by atoms with van der Waals surface area (Å²) in [5.74, 6) is 0.139. The van der Waals surface area contributed by atoms with Crippen LogP contribution in [0.1, 0.15) is 34.8 Å². The smallest absolute Gasteiger partial charge is 0.265 e. The highest BCUT2D eigenvalue weighted by atomic mass is 16.5. The molecule has 0 bridgehead atoms. The molecule has 0 unspecified atom stereocenters. The minimum absolute atomic E-state index is 0.248. The van der Waals surface area contributed by atoms with Gasteiger partial charge in [-0.2, -0.15) is 0 Å². The van der Waals surface area contributed by atoms with Crippen molar-refractivity contribution in [2.45, 2.75) is 32.9 Å². The number of rotatable bonds is 8. The van der Waals surface area contributed by atoms with Crippen LogP contribution in [-0.2, 0) is 11.3 Å². The predicted octanol–water partition coefficient (Wildman–Crippen LogP) is 4.72. The van der Waals surface area contributed by atoms with Crippen LogP contribution in [0.3, 0.4) is 0 Å². The minimum Gasteiger partial charge on any atom is -0.480 e. The van der Waals surface area contributed by atoms with Crippen molar-refractivity contribution in [3.05, 3.63) is 95.6 Å². The minimum atomic E-state index is -0.661. The molecule has 5 heteroatoms. The van der Waals surface area contributed by atoms with Gasteiger partial charge in [-0.25, -0.2) is 0 Å². The van der Waals surface area contributed by atoms with Gasteiger partial charge < -0.3 is 15.4 Å². The molecule has 3 aromatic carbocycles. The maximum atomic E-state index is 12.8. The van der Waals surface area contributed by atoms with Crippen LogP contribution in [0, 0.1) is 6.92 Å². The van der Waals surface area contributed by atoms with E-state index in [-0.39, 0.29) is 11.8 Å². The number of nitrogens with one attached hydrogen (secondary N) is 2. The largest absolute Gasteiger partial charge is 0.480 e. The van der Waals surface area contributed by atoms with Gasteiger partial charge in [-0.3, -0.25) is 9.59 Å². The molecular weight excluding hydrogens is 376 g/mol. The second-order valence-corrected chi connectivity index (χ2v) is 6.98. The van der Waals surface area contributed by atoms with Gasteiger partial charge in [-0.05, 0) is 42.7 Å². The third-order valence-corrected chi connectivity index (χ3v) is 4.75. The van der Waals surface area contributed by atoms with Gasteiger partial charge in [0.2, 0.25) is 0 Å². The number of ether oxygens (including phenoxy) is 1. The highest BCUT2D eigenvalue weighted by Gasteiger charge is 2.21. The van der Waals surface area contributed by atoms with Gasteiger partial charge in [-0.15, -0.1) is 0 Å². The summed E-state index contributed by atoms with van der Waals surface area (Å²) in [7, 11) is 0. The molecule has 0 fully saturated rings. The molecule has 2 amide bonds. The lowest BCUT2D eigenvalue weighted by Gasteiger charge is -2.19. The first kappa shape index (κ1) is 21.1. The summed E-state index contributed by atoms with van der Waals surface area (Å²) in [4.78, 5) is 25.5. The fourth-order valence-electron chi connectivity index (χ4n) is 3.04. The van der Waals surface area contributed by atoms with Gasteiger partial charge in [0.15, 0.2) is 6.10 Å². The molecule has 5 nitrogen and oxygen atoms in total. The first-order chi connectivity index (χ1) is 14.6. The van der Waals surface area contributed by atoms with E-state index in [4.69, 9.17) is 4.74 Å². The van der Waals surface area contributed by atoms with Gasteiger partial charge in [-0.1, -0.05) is 67.6 Å². The molecule has 154 valence electrons. The van der Waals surface area contributed by atoms with Crippen molar-refractivity contribution in [2.24, 2.45) is 0 Å². The standard InChI is InChI=1S/C25H26N2O3/c1-3-22(30-23-16-10-7-11-18(23)2)25(29)27-21-15-9-8-14-20(21)24(28)26-17-19-12-5-4-6-13-19/h4-16,22H,3,17H2,1-2H3,(H,26,28)(H,27,29)/t22-/m0/s1. The lowest BCUT2D eigenvalue weighted by molar-refractivity contribution is -0.122. The summed E-state index contributed by atoms with van der Waals surface area (Å²) in [6.45, 7) is 4.24. The Morgan fingerprint density at radius 3 is 2.30 bits per heavy atom. The zero-order valence-electron chi connectivity index (χ0n) is 17.2. The Morgan fingerprint density at radius 1 is 0.900 bits per heavy atom. The van der Waals surface area contributed by atoms with E-state index in [9.17, 15) is 9.59 Å². The maximum absolute atomic E-state index is 12.8. The molecule has 0 aliphatic rings. The summed E-state index contributed by atoms with van der Waals surface area (Å²) in [5.41, 5.74) is 2.84. The average Bonchev–Trinajstić information content (AvgIpc) is 2.78. The molecule has 0 saturated heterocycles. The highest BCUT2D eigenvalue weighted by molar-refractivity contribution is 6.04. The molecule has 0 saturated carbocycles. The number of hydrogen-bond acceptors (Lipinski definition) is 3. The molecule has 2 N–H and O–H groups in total. The number of para-hydroxylation sites is 2. The van der Waals surface area contributed by atoms with Crippen LogP contribution in [-0.4, -0.2) is 17.9 Å². The molecule has 1 atom stereocenters. The van der Waals surface area contributed by atoms with Crippen LogP contribution >= 0.6 is 0 Å². The van der Waals surface area contributed by atoms with Crippen molar-refractivity contribution in [1.82, 2.24) is 5.32 Å². The quantitative estimate of drug-likeness (QED) is 0.573. The van der Waals surface area contributed by atoms with Crippen molar-refractivity contribution in [1.29, 1.82) is 0 Å². The lowest BCUT2D eigenvalue weighted by Crippen LogP contribution is -2.33. The summed E-state index contributed by atoms with van der Waals surface area (Å²) in [6, 6.07) is 24.2. The van der Waals surface area contributed by atoms with Gasteiger partial charge in [0.05, 0.1) is 11.3 Å². The Balaban J connectivity index is 1.69. The van der Waals surface area contributed by atoms with Crippen molar-refractivity contribution in [3.8, 4) is 5.75 Å². The molecular formula is C25H26N2O3. The Morgan fingerprint density at radius 2 is 1.57 bits per heavy atom. The van der Waals surface area contributed by atoms with Crippen LogP contribution in [0.4, 0.5) is 5.69 Å². The summed E-state index contributed by atoms with van der Waals surface area (Å²) < 4.78 is 5.92. The Bertz CT molecular complexity index is 1000. The Kier molecular flexibility index (Phi) is 7.22. The number of anilines is 1. The maximum Gasteiger partial charge on any atom is 0.265 e. The van der Waals surface area contributed by atoms with E-state index in [0.717, 1.165) is 11.1 Å². The molecule has 0 aromatic heterocycles. The number of aryl methyl sites for hydroxylation is 1. The molecule has 0 spiro atoms. The van der Waals surface area contributed by atoms with Gasteiger partial charge >= 0.3 is 0 Å². The summed E-state index contributed by atoms with van der Waals surface area (Å²) in [6.07, 6.45) is -0.158. The average molecular weight is 402 g/mol. The fourth-order valence-corrected chi connectivity index (χ4v) is 3.04. The molecule has 3 aromatic rings. The topological polar surface area (TPSA) is 67.4 Å². The van der Waals surface area contributed by atoms with E-state index in [1.165, 1.54) is 0 Å². The molecule has 0 aliphatic heterocycles. The third-order valence-electron chi connectivity index (χ3n) is 4.75. The molecule has 0 radical (unpaired) electrons. The monoisotopic (exact) mass is 402 g/mol. The van der Waals surface area contributed by atoms with Gasteiger partial charge in [0.1, 0.15) is 5.75 Å². The van der Waals surface area contributed by atoms with Crippen LogP contribution in [0.2, 0.25) is 0 Å². The predicted molar refractivity (Wildman–Crippen MR) is 119 cm³/mol. The number of carbonyl (C=O) groups is 2. The first-order valence-corrected chi connectivity index (χ1v) is 10.0. The van der Waals surface area contributed by atoms with Crippen molar-refractivity contribution in [2.75, 3.05) is 5.32 Å². The first-order valence-electron chi connectivity index (χ1n) is 10.0. The Labute approximate surface area is 177 Å². The second kappa shape index (κ2) is 10.3. The van der Waals surface area contributed by atoms with Crippen LogP contribution in [0.25, 0.3) is 0 Å². The third kappa shape index (κ3) is 5.47. The van der Waals surface area contributed by atoms with E-state index in [2.05, 4.69) is 10.6 Å². The van der Waals surface area contributed by atoms with Crippen LogP contribution < -0.4 is 15.4 Å². The summed E-state index contributed by atoms with van der Waals surface area (Å²) in [5, 5.41) is 5.75. The highest BCUT2D eigenvalue weighted by Crippen LogP contribution is 2.21. The zero-order valence-corrected chi connectivity index (χ0v) is 17.2. The zero-order chi connectivity index (χ0) is 21.3. The van der Waals surface area contributed by atoms with Crippen LogP contribution in [0.15, 0.2) is 78.9 Å². The van der Waals surface area contributed by atoms with Gasteiger partial charge in [0, 0.05) is 6.54 Å². The normalized spacial score (nSPS) is 11.4. The van der Waals surface area contributed by atoms with Gasteiger partial charge in [0.25, 0.3) is 11.8 Å². The van der Waals surface area contributed by atoms with E-state index in [1.54, 1.807) is 24.3 Å². The number of carbonyl (C=O) groups excluding carboxylic acids is 2. The second-order valence-electron chi connectivity index (χ2n) is 6.98. The molecule has 0 heterocycles. The van der Waals surface area contributed by atoms with Crippen molar-refractivity contribution >= 4 is 17.5 Å². The number of hydrogen-bond donors (Lipinski definition) is 2. The van der Waals surface area contributed by atoms with Crippen molar-refractivity contribution < 1.29 is 14.3 Å². The van der Waals surface area contributed by atoms with E-state index in [1.807, 2.05) is 68.4 Å². The number of amides is 2. The van der Waals surface area contributed by atoms with Crippen LogP contribution in [0.5, 0.6) is 5.75 Å². The SMILES string of the molecule is CC[C@H](Oc1ccccc1C)C(=O)Nc1ccccc1C(=O)NCc1ccccc1. The summed E-state index contributed by atoms with van der Waals surface area (Å²) >= 11 is 0. The molecule has 3 rings (SSSR count). The van der Waals surface area contributed by atoms with E-state index in [0.29, 0.717) is 30.0 Å². The molecule has 0 aliphatic carbocycles. The number of benzene rings is 3.